The summed E-state index contributed by atoms with van der Waals surface area (Å²) in [5.74, 6) is 1.61. The average molecular weight is 510 g/mol. The van der Waals surface area contributed by atoms with Crippen molar-refractivity contribution in [2.75, 3.05) is 44.2 Å². The molecule has 0 unspecified atom stereocenters. The number of anilines is 1. The van der Waals surface area contributed by atoms with Gasteiger partial charge in [-0.25, -0.2) is 0 Å². The predicted molar refractivity (Wildman–Crippen MR) is 130 cm³/mol. The molecule has 1 heterocycles. The van der Waals surface area contributed by atoms with Gasteiger partial charge in [0.25, 0.3) is 0 Å². The number of benzene rings is 2. The maximum Gasteiger partial charge on any atom is 0.194 e. The Balaban J connectivity index is 0.00000300. The Morgan fingerprint density at radius 1 is 1.00 bits per heavy atom. The highest BCUT2D eigenvalue weighted by Gasteiger charge is 2.21. The van der Waals surface area contributed by atoms with Crippen LogP contribution in [-0.4, -0.2) is 60.3 Å². The number of phenolic OH excluding ortho intramolecular Hbond substituents is 2. The molecule has 1 aliphatic heterocycles. The summed E-state index contributed by atoms with van der Waals surface area (Å²) in [5, 5.41) is 22.8. The molecule has 7 heteroatoms. The van der Waals surface area contributed by atoms with Crippen molar-refractivity contribution in [1.82, 2.24) is 10.2 Å². The Kier molecular flexibility index (Phi) is 9.37. The van der Waals surface area contributed by atoms with Crippen molar-refractivity contribution in [3.8, 4) is 11.5 Å². The second-order valence-electron chi connectivity index (χ2n) is 6.97. The highest BCUT2D eigenvalue weighted by Crippen LogP contribution is 2.27. The van der Waals surface area contributed by atoms with Crippen molar-refractivity contribution in [3.05, 3.63) is 54.1 Å². The number of nitrogens with one attached hydrogen (secondary N) is 1. The molecule has 0 radical (unpaired) electrons. The van der Waals surface area contributed by atoms with Gasteiger partial charge in [0.2, 0.25) is 0 Å². The number of halogens is 1. The van der Waals surface area contributed by atoms with Gasteiger partial charge in [-0.1, -0.05) is 24.3 Å². The van der Waals surface area contributed by atoms with Gasteiger partial charge in [-0.3, -0.25) is 4.99 Å². The van der Waals surface area contributed by atoms with Gasteiger partial charge < -0.3 is 25.3 Å². The third-order valence-corrected chi connectivity index (χ3v) is 4.96. The Labute approximate surface area is 190 Å². The number of hydrogen-bond donors (Lipinski definition) is 3. The molecular weight excluding hydrogens is 479 g/mol. The number of nitrogens with zero attached hydrogens (tertiary/aromatic N) is 3. The minimum atomic E-state index is 0. The molecule has 158 valence electrons. The summed E-state index contributed by atoms with van der Waals surface area (Å²) in [5.41, 5.74) is 2.12. The van der Waals surface area contributed by atoms with Crippen molar-refractivity contribution < 1.29 is 10.2 Å². The van der Waals surface area contributed by atoms with Gasteiger partial charge >= 0.3 is 0 Å². The summed E-state index contributed by atoms with van der Waals surface area (Å²) in [7, 11) is 0. The molecule has 1 saturated heterocycles. The lowest BCUT2D eigenvalue weighted by Gasteiger charge is -2.37. The van der Waals surface area contributed by atoms with E-state index in [9.17, 15) is 10.2 Å². The first-order chi connectivity index (χ1) is 13.7. The standard InChI is InChI=1S/C22H30N4O2.HI/c1-2-23-22(24-13-5-6-18-9-11-19(27)12-10-18)26-16-14-25(15-17-26)20-7-3-4-8-21(20)28;/h3-4,7-12,27-28H,2,5-6,13-17H2,1H3,(H,23,24);1H. The molecule has 29 heavy (non-hydrogen) atoms. The van der Waals surface area contributed by atoms with E-state index in [0.717, 1.165) is 63.8 Å². The normalized spacial score (nSPS) is 14.4. The van der Waals surface area contributed by atoms with Gasteiger partial charge in [0.15, 0.2) is 5.96 Å². The van der Waals surface area contributed by atoms with Crippen LogP contribution in [0.15, 0.2) is 53.5 Å². The SMILES string of the molecule is CCNC(=NCCCc1ccc(O)cc1)N1CCN(c2ccccc2O)CC1.I. The van der Waals surface area contributed by atoms with Crippen LogP contribution in [0.25, 0.3) is 0 Å². The van der Waals surface area contributed by atoms with Gasteiger partial charge in [0.05, 0.1) is 5.69 Å². The maximum atomic E-state index is 10.1. The van der Waals surface area contributed by atoms with Crippen LogP contribution >= 0.6 is 24.0 Å². The Morgan fingerprint density at radius 3 is 2.34 bits per heavy atom. The molecule has 0 aromatic heterocycles. The fourth-order valence-electron chi connectivity index (χ4n) is 3.45. The quantitative estimate of drug-likeness (QED) is 0.241. The van der Waals surface area contributed by atoms with Crippen molar-refractivity contribution >= 4 is 35.6 Å². The third kappa shape index (κ3) is 6.69. The van der Waals surface area contributed by atoms with Crippen molar-refractivity contribution in [2.24, 2.45) is 4.99 Å². The molecule has 0 atom stereocenters. The first kappa shape index (κ1) is 23.1. The first-order valence-electron chi connectivity index (χ1n) is 10.0. The maximum absolute atomic E-state index is 10.1. The smallest absolute Gasteiger partial charge is 0.194 e. The second kappa shape index (κ2) is 11.7. The number of para-hydroxylation sites is 2. The van der Waals surface area contributed by atoms with E-state index in [-0.39, 0.29) is 24.0 Å². The lowest BCUT2D eigenvalue weighted by atomic mass is 10.1. The number of aliphatic imine (C=N–C) groups is 1. The molecule has 6 nitrogen and oxygen atoms in total. The Bertz CT molecular complexity index is 775. The number of piperazine rings is 1. The predicted octanol–water partition coefficient (Wildman–Crippen LogP) is 3.44. The summed E-state index contributed by atoms with van der Waals surface area (Å²) in [6, 6.07) is 14.9. The highest BCUT2D eigenvalue weighted by atomic mass is 127. The van der Waals surface area contributed by atoms with Crippen LogP contribution in [0.2, 0.25) is 0 Å². The minimum absolute atomic E-state index is 0. The zero-order chi connectivity index (χ0) is 19.8. The van der Waals surface area contributed by atoms with Crippen LogP contribution in [0.3, 0.4) is 0 Å². The van der Waals surface area contributed by atoms with E-state index in [1.807, 2.05) is 30.3 Å². The molecular formula is C22H31IN4O2. The van der Waals surface area contributed by atoms with Crippen LogP contribution < -0.4 is 10.2 Å². The second-order valence-corrected chi connectivity index (χ2v) is 6.97. The van der Waals surface area contributed by atoms with Crippen LogP contribution in [0.5, 0.6) is 11.5 Å². The number of phenols is 2. The van der Waals surface area contributed by atoms with E-state index in [0.29, 0.717) is 11.5 Å². The van der Waals surface area contributed by atoms with Gasteiger partial charge in [0, 0.05) is 39.3 Å². The van der Waals surface area contributed by atoms with E-state index < -0.39 is 0 Å². The zero-order valence-corrected chi connectivity index (χ0v) is 19.3. The van der Waals surface area contributed by atoms with Gasteiger partial charge in [-0.15, -0.1) is 24.0 Å². The van der Waals surface area contributed by atoms with E-state index >= 15 is 0 Å². The molecule has 3 rings (SSSR count). The minimum Gasteiger partial charge on any atom is -0.508 e. The molecule has 0 spiro atoms. The molecule has 1 aliphatic rings. The summed E-state index contributed by atoms with van der Waals surface area (Å²) in [6.45, 7) is 7.16. The van der Waals surface area contributed by atoms with Crippen LogP contribution in [-0.2, 0) is 6.42 Å². The van der Waals surface area contributed by atoms with Crippen LogP contribution in [0.1, 0.15) is 18.9 Å². The van der Waals surface area contributed by atoms with Crippen molar-refractivity contribution in [1.29, 1.82) is 0 Å². The van der Waals surface area contributed by atoms with Crippen LogP contribution in [0, 0.1) is 0 Å². The van der Waals surface area contributed by atoms with Gasteiger partial charge in [-0.2, -0.15) is 0 Å². The largest absolute Gasteiger partial charge is 0.508 e. The average Bonchev–Trinajstić information content (AvgIpc) is 2.72. The van der Waals surface area contributed by atoms with E-state index in [2.05, 4.69) is 22.0 Å². The molecule has 0 saturated carbocycles. The number of hydrogen-bond acceptors (Lipinski definition) is 4. The fraction of sp³-hybridized carbons (Fsp3) is 0.409. The molecule has 2 aromatic carbocycles. The summed E-state index contributed by atoms with van der Waals surface area (Å²) >= 11 is 0. The summed E-state index contributed by atoms with van der Waals surface area (Å²) in [6.07, 6.45) is 1.92. The molecule has 0 aliphatic carbocycles. The summed E-state index contributed by atoms with van der Waals surface area (Å²) in [4.78, 5) is 9.31. The van der Waals surface area contributed by atoms with Crippen molar-refractivity contribution in [2.45, 2.75) is 19.8 Å². The molecule has 1 fully saturated rings. The first-order valence-corrected chi connectivity index (χ1v) is 10.0. The topological polar surface area (TPSA) is 71.3 Å². The van der Waals surface area contributed by atoms with Gasteiger partial charge in [0.1, 0.15) is 11.5 Å². The Morgan fingerprint density at radius 2 is 1.69 bits per heavy atom. The Hall–Kier alpha value is -2.16. The lowest BCUT2D eigenvalue weighted by molar-refractivity contribution is 0.370. The number of aryl methyl sites for hydroxylation is 1. The fourth-order valence-corrected chi connectivity index (χ4v) is 3.45. The molecule has 3 N–H and O–H groups in total. The molecule has 0 bridgehead atoms. The third-order valence-electron chi connectivity index (χ3n) is 4.96. The molecule has 2 aromatic rings. The van der Waals surface area contributed by atoms with E-state index in [1.54, 1.807) is 18.2 Å². The number of guanidine groups is 1. The highest BCUT2D eigenvalue weighted by molar-refractivity contribution is 14.0. The van der Waals surface area contributed by atoms with E-state index in [4.69, 9.17) is 4.99 Å². The van der Waals surface area contributed by atoms with Gasteiger partial charge in [-0.05, 0) is 49.6 Å². The summed E-state index contributed by atoms with van der Waals surface area (Å²) < 4.78 is 0. The number of rotatable bonds is 6. The monoisotopic (exact) mass is 510 g/mol. The molecule has 0 amide bonds. The lowest BCUT2D eigenvalue weighted by Crippen LogP contribution is -2.52. The van der Waals surface area contributed by atoms with E-state index in [1.165, 1.54) is 5.56 Å². The zero-order valence-electron chi connectivity index (χ0n) is 16.9. The number of aromatic hydroxyl groups is 2. The van der Waals surface area contributed by atoms with Crippen LogP contribution in [0.4, 0.5) is 5.69 Å². The van der Waals surface area contributed by atoms with Crippen molar-refractivity contribution in [3.63, 3.8) is 0 Å².